The molecule has 1 amide bonds. The molecular weight excluding hydrogens is 407 g/mol. The highest BCUT2D eigenvalue weighted by Gasteiger charge is 2.30. The van der Waals surface area contributed by atoms with E-state index in [9.17, 15) is 17.6 Å². The molecule has 8 heteroatoms. The number of hydrogen-bond donors (Lipinski definition) is 0. The maximum Gasteiger partial charge on any atom is 0.256 e. The smallest absolute Gasteiger partial charge is 0.256 e. The van der Waals surface area contributed by atoms with Crippen LogP contribution in [0, 0.1) is 5.82 Å². The number of fused-ring (bicyclic) bond motifs is 1. The van der Waals surface area contributed by atoms with Crippen molar-refractivity contribution in [2.24, 2.45) is 0 Å². The lowest BCUT2D eigenvalue weighted by Gasteiger charge is -2.27. The van der Waals surface area contributed by atoms with Crippen LogP contribution >= 0.6 is 0 Å². The highest BCUT2D eigenvalue weighted by Crippen LogP contribution is 2.32. The quantitative estimate of drug-likeness (QED) is 0.638. The first-order valence-corrected chi connectivity index (χ1v) is 11.2. The van der Waals surface area contributed by atoms with Crippen molar-refractivity contribution in [3.05, 3.63) is 65.6 Å². The topological polar surface area (TPSA) is 76.6 Å². The van der Waals surface area contributed by atoms with E-state index in [1.807, 2.05) is 6.92 Å². The Morgan fingerprint density at radius 1 is 1.13 bits per heavy atom. The molecule has 0 unspecified atom stereocenters. The number of carbonyl (C=O) groups is 1. The van der Waals surface area contributed by atoms with Gasteiger partial charge >= 0.3 is 0 Å². The molecule has 156 valence electrons. The van der Waals surface area contributed by atoms with Gasteiger partial charge in [-0.2, -0.15) is 0 Å². The zero-order valence-corrected chi connectivity index (χ0v) is 17.3. The van der Waals surface area contributed by atoms with E-state index in [-0.39, 0.29) is 20.7 Å². The second kappa shape index (κ2) is 8.12. The van der Waals surface area contributed by atoms with Crippen LogP contribution in [0.5, 0.6) is 0 Å². The van der Waals surface area contributed by atoms with Crippen LogP contribution in [0.1, 0.15) is 22.8 Å². The number of nitrogens with zero attached hydrogens (tertiary/aromatic N) is 2. The lowest BCUT2D eigenvalue weighted by molar-refractivity contribution is 0.0300. The lowest BCUT2D eigenvalue weighted by Crippen LogP contribution is -2.41. The number of halogens is 1. The molecule has 1 fully saturated rings. The highest BCUT2D eigenvalue weighted by molar-refractivity contribution is 7.91. The summed E-state index contributed by atoms with van der Waals surface area (Å²) in [6, 6.07) is 10.2. The molecule has 2 heterocycles. The molecule has 0 radical (unpaired) electrons. The van der Waals surface area contributed by atoms with Crippen molar-refractivity contribution in [2.45, 2.75) is 23.1 Å². The number of rotatable bonds is 4. The fraction of sp³-hybridized carbons (Fsp3) is 0.273. The Morgan fingerprint density at radius 2 is 1.83 bits per heavy atom. The van der Waals surface area contributed by atoms with Crippen LogP contribution in [0.4, 0.5) is 4.39 Å². The first kappa shape index (κ1) is 20.4. The Hall–Kier alpha value is -2.84. The fourth-order valence-corrected chi connectivity index (χ4v) is 5.15. The van der Waals surface area contributed by atoms with Gasteiger partial charge < -0.3 is 9.64 Å². The zero-order valence-electron chi connectivity index (χ0n) is 16.5. The first-order valence-electron chi connectivity index (χ1n) is 9.71. The number of morpholine rings is 1. The summed E-state index contributed by atoms with van der Waals surface area (Å²) in [7, 11) is -4.11. The summed E-state index contributed by atoms with van der Waals surface area (Å²) >= 11 is 0. The van der Waals surface area contributed by atoms with E-state index in [0.717, 1.165) is 18.1 Å². The van der Waals surface area contributed by atoms with Crippen molar-refractivity contribution in [2.75, 3.05) is 26.3 Å². The number of aryl methyl sites for hydroxylation is 1. The minimum Gasteiger partial charge on any atom is -0.378 e. The molecule has 3 aromatic rings. The zero-order chi connectivity index (χ0) is 21.3. The molecule has 0 saturated carbocycles. The number of carbonyl (C=O) groups excluding carboxylic acids is 1. The van der Waals surface area contributed by atoms with Crippen molar-refractivity contribution >= 4 is 26.6 Å². The van der Waals surface area contributed by atoms with Crippen molar-refractivity contribution < 1.29 is 22.3 Å². The summed E-state index contributed by atoms with van der Waals surface area (Å²) < 4.78 is 46.6. The number of ether oxygens (including phenoxy) is 1. The van der Waals surface area contributed by atoms with Crippen molar-refractivity contribution in [3.8, 4) is 0 Å². The molecule has 0 spiro atoms. The Kier molecular flexibility index (Phi) is 5.53. The summed E-state index contributed by atoms with van der Waals surface area (Å²) in [5, 5.41) is 0.0914. The third-order valence-electron chi connectivity index (χ3n) is 5.22. The molecule has 0 bridgehead atoms. The molecule has 6 nitrogen and oxygen atoms in total. The highest BCUT2D eigenvalue weighted by atomic mass is 32.2. The van der Waals surface area contributed by atoms with Gasteiger partial charge in [-0.3, -0.25) is 9.78 Å². The fourth-order valence-electron chi connectivity index (χ4n) is 3.54. The summed E-state index contributed by atoms with van der Waals surface area (Å²) in [4.78, 5) is 18.8. The largest absolute Gasteiger partial charge is 0.378 e. The SMILES string of the molecule is CCc1ccc(S(=O)(=O)c2c(C(=O)N3CCOCC3)cnc3ccc(F)cc23)cc1. The van der Waals surface area contributed by atoms with Gasteiger partial charge in [0.2, 0.25) is 9.84 Å². The average Bonchev–Trinajstić information content (AvgIpc) is 2.78. The molecule has 0 N–H and O–H groups in total. The Balaban J connectivity index is 1.94. The molecular formula is C22H21FN2O4S. The monoisotopic (exact) mass is 428 g/mol. The van der Waals surface area contributed by atoms with Gasteiger partial charge in [-0.05, 0) is 42.3 Å². The minimum atomic E-state index is -4.11. The number of aromatic nitrogens is 1. The summed E-state index contributed by atoms with van der Waals surface area (Å²) in [5.74, 6) is -1.06. The van der Waals surface area contributed by atoms with Crippen LogP contribution < -0.4 is 0 Å². The molecule has 1 aliphatic heterocycles. The number of pyridine rings is 1. The second-order valence-corrected chi connectivity index (χ2v) is 8.95. The molecule has 1 aliphatic rings. The maximum absolute atomic E-state index is 14.1. The van der Waals surface area contributed by atoms with E-state index in [1.165, 1.54) is 35.4 Å². The van der Waals surface area contributed by atoms with Crippen molar-refractivity contribution in [1.29, 1.82) is 0 Å². The molecule has 1 saturated heterocycles. The molecule has 4 rings (SSSR count). The number of amides is 1. The predicted octanol–water partition coefficient (Wildman–Crippen LogP) is 3.24. The summed E-state index contributed by atoms with van der Waals surface area (Å²) in [5.41, 5.74) is 1.23. The minimum absolute atomic E-state index is 0.0486. The standard InChI is InChI=1S/C22H21FN2O4S/c1-2-15-3-6-17(7-4-15)30(27,28)21-18-13-16(23)5-8-20(18)24-14-19(21)22(26)25-9-11-29-12-10-25/h3-8,13-14H,2,9-12H2,1H3. The number of hydrogen-bond acceptors (Lipinski definition) is 5. The van der Waals surface area contributed by atoms with E-state index in [0.29, 0.717) is 31.8 Å². The van der Waals surface area contributed by atoms with Gasteiger partial charge in [0.1, 0.15) is 5.82 Å². The Bertz CT molecular complexity index is 1200. The van der Waals surface area contributed by atoms with Crippen LogP contribution in [0.15, 0.2) is 58.5 Å². The first-order chi connectivity index (χ1) is 14.4. The van der Waals surface area contributed by atoms with E-state index < -0.39 is 21.6 Å². The van der Waals surface area contributed by atoms with E-state index >= 15 is 0 Å². The normalized spacial score (nSPS) is 14.8. The van der Waals surface area contributed by atoms with E-state index in [4.69, 9.17) is 4.74 Å². The second-order valence-electron chi connectivity index (χ2n) is 7.07. The van der Waals surface area contributed by atoms with Gasteiger partial charge in [0.05, 0.1) is 34.1 Å². The number of benzene rings is 2. The molecule has 2 aromatic carbocycles. The number of sulfone groups is 1. The van der Waals surface area contributed by atoms with Crippen LogP contribution in [0.25, 0.3) is 10.9 Å². The van der Waals surface area contributed by atoms with Crippen molar-refractivity contribution in [3.63, 3.8) is 0 Å². The molecule has 30 heavy (non-hydrogen) atoms. The summed E-state index contributed by atoms with van der Waals surface area (Å²) in [6.45, 7) is 3.43. The third kappa shape index (κ3) is 3.68. The Morgan fingerprint density at radius 3 is 2.50 bits per heavy atom. The molecule has 0 atom stereocenters. The van der Waals surface area contributed by atoms with Gasteiger partial charge in [0.25, 0.3) is 5.91 Å². The van der Waals surface area contributed by atoms with Crippen LogP contribution in [0.2, 0.25) is 0 Å². The van der Waals surface area contributed by atoms with Crippen LogP contribution in [0.3, 0.4) is 0 Å². The van der Waals surface area contributed by atoms with Crippen LogP contribution in [-0.4, -0.2) is 50.5 Å². The van der Waals surface area contributed by atoms with E-state index in [1.54, 1.807) is 12.1 Å². The average molecular weight is 428 g/mol. The molecule has 1 aromatic heterocycles. The lowest BCUT2D eigenvalue weighted by atomic mass is 10.1. The van der Waals surface area contributed by atoms with Gasteiger partial charge in [-0.1, -0.05) is 19.1 Å². The summed E-state index contributed by atoms with van der Waals surface area (Å²) in [6.07, 6.45) is 2.04. The van der Waals surface area contributed by atoms with Gasteiger partial charge in [0.15, 0.2) is 0 Å². The predicted molar refractivity (Wildman–Crippen MR) is 110 cm³/mol. The van der Waals surface area contributed by atoms with Gasteiger partial charge in [-0.15, -0.1) is 0 Å². The van der Waals surface area contributed by atoms with Gasteiger partial charge in [-0.25, -0.2) is 12.8 Å². The Labute approximate surface area is 174 Å². The molecule has 0 aliphatic carbocycles. The van der Waals surface area contributed by atoms with E-state index in [2.05, 4.69) is 4.98 Å². The van der Waals surface area contributed by atoms with Crippen LogP contribution in [-0.2, 0) is 21.0 Å². The third-order valence-corrected chi connectivity index (χ3v) is 7.09. The van der Waals surface area contributed by atoms with Gasteiger partial charge in [0, 0.05) is 24.7 Å². The maximum atomic E-state index is 14.1. The van der Waals surface area contributed by atoms with Crippen molar-refractivity contribution in [1.82, 2.24) is 9.88 Å².